The number of rotatable bonds is 4. The van der Waals surface area contributed by atoms with Crippen LogP contribution < -0.4 is 10.9 Å². The molecule has 0 bridgehead atoms. The largest absolute Gasteiger partial charge is 0.507 e. The number of phenolic OH excluding ortho intramolecular Hbond substituents is 1. The van der Waals surface area contributed by atoms with Crippen molar-refractivity contribution < 1.29 is 14.7 Å². The maximum absolute atomic E-state index is 12.1. The molecule has 0 spiro atoms. The van der Waals surface area contributed by atoms with Crippen molar-refractivity contribution in [2.24, 2.45) is 5.92 Å². The van der Waals surface area contributed by atoms with Gasteiger partial charge in [0.05, 0.1) is 5.56 Å². The predicted molar refractivity (Wildman–Crippen MR) is 85.7 cm³/mol. The first kappa shape index (κ1) is 15.1. The van der Waals surface area contributed by atoms with Crippen LogP contribution in [-0.2, 0) is 11.2 Å². The van der Waals surface area contributed by atoms with E-state index in [4.69, 9.17) is 0 Å². The fraction of sp³-hybridized carbons (Fsp3) is 0.222. The van der Waals surface area contributed by atoms with Crippen LogP contribution in [0.5, 0.6) is 5.75 Å². The second-order valence-electron chi connectivity index (χ2n) is 5.73. The lowest BCUT2D eigenvalue weighted by atomic mass is 10.0. The van der Waals surface area contributed by atoms with Crippen LogP contribution in [0.4, 0.5) is 0 Å². The fourth-order valence-corrected chi connectivity index (χ4v) is 2.34. The molecule has 5 nitrogen and oxygen atoms in total. The standard InChI is InChI=1S/C18H18N2O3/c21-16-9-6-13(10-12-4-2-1-3-5-12)11-15(16)18(23)20-19-17(22)14-7-8-14/h1-6,9,11,14,21H,7-8,10H2,(H,19,22)(H,20,23). The average molecular weight is 310 g/mol. The first-order valence-electron chi connectivity index (χ1n) is 7.59. The van der Waals surface area contributed by atoms with Crippen LogP contribution in [0.1, 0.15) is 34.3 Å². The third-order valence-electron chi connectivity index (χ3n) is 3.80. The zero-order chi connectivity index (χ0) is 16.2. The van der Waals surface area contributed by atoms with Crippen molar-refractivity contribution in [2.75, 3.05) is 0 Å². The SMILES string of the molecule is O=C(NNC(=O)C1CC1)c1cc(Cc2ccccc2)ccc1O. The topological polar surface area (TPSA) is 78.4 Å². The summed E-state index contributed by atoms with van der Waals surface area (Å²) in [6.45, 7) is 0. The van der Waals surface area contributed by atoms with Gasteiger partial charge in [0.25, 0.3) is 5.91 Å². The minimum absolute atomic E-state index is 0.00770. The van der Waals surface area contributed by atoms with Gasteiger partial charge >= 0.3 is 0 Å². The highest BCUT2D eigenvalue weighted by molar-refractivity contribution is 5.98. The maximum atomic E-state index is 12.1. The first-order chi connectivity index (χ1) is 11.1. The lowest BCUT2D eigenvalue weighted by Crippen LogP contribution is -2.42. The molecule has 0 atom stereocenters. The summed E-state index contributed by atoms with van der Waals surface area (Å²) in [6, 6.07) is 14.8. The summed E-state index contributed by atoms with van der Waals surface area (Å²) < 4.78 is 0. The van der Waals surface area contributed by atoms with Gasteiger partial charge < -0.3 is 5.11 Å². The zero-order valence-electron chi connectivity index (χ0n) is 12.6. The van der Waals surface area contributed by atoms with E-state index in [1.807, 2.05) is 30.3 Å². The Bertz CT molecular complexity index is 724. The molecule has 2 aromatic carbocycles. The molecule has 0 saturated heterocycles. The van der Waals surface area contributed by atoms with Gasteiger partial charge in [-0.05, 0) is 42.5 Å². The molecular weight excluding hydrogens is 292 g/mol. The van der Waals surface area contributed by atoms with E-state index in [0.717, 1.165) is 24.0 Å². The molecule has 23 heavy (non-hydrogen) atoms. The van der Waals surface area contributed by atoms with Gasteiger partial charge in [0, 0.05) is 5.92 Å². The molecule has 1 saturated carbocycles. The molecule has 0 aromatic heterocycles. The van der Waals surface area contributed by atoms with Crippen LogP contribution in [0.15, 0.2) is 48.5 Å². The smallest absolute Gasteiger partial charge is 0.273 e. The predicted octanol–water partition coefficient (Wildman–Crippen LogP) is 2.15. The number of carbonyl (C=O) groups is 2. The summed E-state index contributed by atoms with van der Waals surface area (Å²) in [5, 5.41) is 9.88. The Kier molecular flexibility index (Phi) is 4.28. The Balaban J connectivity index is 1.69. The molecule has 1 aliphatic carbocycles. The number of carbonyl (C=O) groups excluding carboxylic acids is 2. The Hall–Kier alpha value is -2.82. The molecular formula is C18H18N2O3. The highest BCUT2D eigenvalue weighted by atomic mass is 16.3. The van der Waals surface area contributed by atoms with Gasteiger partial charge in [-0.2, -0.15) is 0 Å². The summed E-state index contributed by atoms with van der Waals surface area (Å²) in [5.74, 6) is -0.807. The monoisotopic (exact) mass is 310 g/mol. The molecule has 0 aliphatic heterocycles. The molecule has 0 radical (unpaired) electrons. The van der Waals surface area contributed by atoms with Crippen molar-refractivity contribution in [3.8, 4) is 5.75 Å². The molecule has 118 valence electrons. The van der Waals surface area contributed by atoms with Crippen molar-refractivity contribution in [2.45, 2.75) is 19.3 Å². The number of phenols is 1. The van der Waals surface area contributed by atoms with E-state index in [1.54, 1.807) is 12.1 Å². The Morgan fingerprint density at radius 2 is 1.74 bits per heavy atom. The summed E-state index contributed by atoms with van der Waals surface area (Å²) in [5.41, 5.74) is 6.92. The van der Waals surface area contributed by atoms with E-state index in [1.165, 1.54) is 6.07 Å². The molecule has 0 heterocycles. The van der Waals surface area contributed by atoms with Gasteiger partial charge in [0.2, 0.25) is 5.91 Å². The fourth-order valence-electron chi connectivity index (χ4n) is 2.34. The number of hydrazine groups is 1. The van der Waals surface area contributed by atoms with Crippen molar-refractivity contribution in [1.82, 2.24) is 10.9 Å². The van der Waals surface area contributed by atoms with Crippen LogP contribution in [0.25, 0.3) is 0 Å². The highest BCUT2D eigenvalue weighted by Gasteiger charge is 2.29. The van der Waals surface area contributed by atoms with Gasteiger partial charge in [-0.25, -0.2) is 0 Å². The van der Waals surface area contributed by atoms with Gasteiger partial charge in [0.1, 0.15) is 5.75 Å². The third kappa shape index (κ3) is 3.88. The van der Waals surface area contributed by atoms with Crippen molar-refractivity contribution in [1.29, 1.82) is 0 Å². The molecule has 0 unspecified atom stereocenters. The van der Waals surface area contributed by atoms with Crippen LogP contribution in [0, 0.1) is 5.92 Å². The van der Waals surface area contributed by atoms with Crippen LogP contribution in [-0.4, -0.2) is 16.9 Å². The number of hydrogen-bond donors (Lipinski definition) is 3. The highest BCUT2D eigenvalue weighted by Crippen LogP contribution is 2.28. The minimum atomic E-state index is -0.522. The summed E-state index contributed by atoms with van der Waals surface area (Å²) in [4.78, 5) is 23.7. The van der Waals surface area contributed by atoms with E-state index in [2.05, 4.69) is 10.9 Å². The lowest BCUT2D eigenvalue weighted by Gasteiger charge is -2.10. The molecule has 3 rings (SSSR count). The summed E-state index contributed by atoms with van der Waals surface area (Å²) in [7, 11) is 0. The lowest BCUT2D eigenvalue weighted by molar-refractivity contribution is -0.123. The van der Waals surface area contributed by atoms with E-state index in [-0.39, 0.29) is 23.1 Å². The third-order valence-corrected chi connectivity index (χ3v) is 3.80. The van der Waals surface area contributed by atoms with Gasteiger partial charge in [0.15, 0.2) is 0 Å². The zero-order valence-corrected chi connectivity index (χ0v) is 12.6. The summed E-state index contributed by atoms with van der Waals surface area (Å²) in [6.07, 6.45) is 2.38. The molecule has 3 N–H and O–H groups in total. The van der Waals surface area contributed by atoms with Crippen molar-refractivity contribution in [3.63, 3.8) is 0 Å². The van der Waals surface area contributed by atoms with Gasteiger partial charge in [-0.15, -0.1) is 0 Å². The first-order valence-corrected chi connectivity index (χ1v) is 7.59. The quantitative estimate of drug-likeness (QED) is 0.757. The van der Waals surface area contributed by atoms with Crippen molar-refractivity contribution >= 4 is 11.8 Å². The Labute approximate surface area is 134 Å². The summed E-state index contributed by atoms with van der Waals surface area (Å²) >= 11 is 0. The van der Waals surface area contributed by atoms with E-state index >= 15 is 0 Å². The number of aromatic hydroxyl groups is 1. The van der Waals surface area contributed by atoms with Crippen LogP contribution in [0.3, 0.4) is 0 Å². The minimum Gasteiger partial charge on any atom is -0.507 e. The number of hydrogen-bond acceptors (Lipinski definition) is 3. The van der Waals surface area contributed by atoms with Gasteiger partial charge in [-0.3, -0.25) is 20.4 Å². The number of amides is 2. The van der Waals surface area contributed by atoms with E-state index < -0.39 is 5.91 Å². The van der Waals surface area contributed by atoms with Crippen molar-refractivity contribution in [3.05, 3.63) is 65.2 Å². The van der Waals surface area contributed by atoms with E-state index in [9.17, 15) is 14.7 Å². The molecule has 1 fully saturated rings. The Morgan fingerprint density at radius 3 is 2.43 bits per heavy atom. The average Bonchev–Trinajstić information content (AvgIpc) is 3.40. The maximum Gasteiger partial charge on any atom is 0.273 e. The van der Waals surface area contributed by atoms with E-state index in [0.29, 0.717) is 6.42 Å². The molecule has 2 aromatic rings. The second-order valence-corrected chi connectivity index (χ2v) is 5.73. The Morgan fingerprint density at radius 1 is 1.00 bits per heavy atom. The molecule has 2 amide bonds. The van der Waals surface area contributed by atoms with Gasteiger partial charge in [-0.1, -0.05) is 36.4 Å². The van der Waals surface area contributed by atoms with Crippen LogP contribution in [0.2, 0.25) is 0 Å². The normalized spacial score (nSPS) is 13.4. The van der Waals surface area contributed by atoms with Crippen LogP contribution >= 0.6 is 0 Å². The second kappa shape index (κ2) is 6.52. The number of nitrogens with one attached hydrogen (secondary N) is 2. The molecule has 1 aliphatic rings. The number of benzene rings is 2. The molecule has 5 heteroatoms.